The van der Waals surface area contributed by atoms with E-state index >= 15 is 0 Å². The minimum atomic E-state index is -0.684. The van der Waals surface area contributed by atoms with Crippen molar-refractivity contribution in [1.82, 2.24) is 0 Å². The number of rotatable bonds is 2. The van der Waals surface area contributed by atoms with Crippen molar-refractivity contribution in [3.63, 3.8) is 0 Å². The largest absolute Gasteiger partial charge is 0.508 e. The van der Waals surface area contributed by atoms with Crippen LogP contribution in [-0.4, -0.2) is 28.1 Å². The Labute approximate surface area is 170 Å². The summed E-state index contributed by atoms with van der Waals surface area (Å²) in [5.74, 6) is -1.28. The maximum Gasteiger partial charge on any atom is 0.342 e. The van der Waals surface area contributed by atoms with E-state index in [2.05, 4.69) is 6.08 Å². The van der Waals surface area contributed by atoms with Crippen molar-refractivity contribution < 1.29 is 24.5 Å². The van der Waals surface area contributed by atoms with Gasteiger partial charge in [0.1, 0.15) is 28.9 Å². The predicted octanol–water partition coefficient (Wildman–Crippen LogP) is 4.50. The molecule has 1 aliphatic rings. The predicted molar refractivity (Wildman–Crippen MR) is 110 cm³/mol. The van der Waals surface area contributed by atoms with Crippen molar-refractivity contribution >= 4 is 11.8 Å². The number of ketones is 1. The van der Waals surface area contributed by atoms with Crippen LogP contribution in [-0.2, 0) is 22.4 Å². The summed E-state index contributed by atoms with van der Waals surface area (Å²) in [5.41, 5.74) is 1.30. The first-order valence-corrected chi connectivity index (χ1v) is 9.99. The van der Waals surface area contributed by atoms with Gasteiger partial charge in [0, 0.05) is 31.7 Å². The van der Waals surface area contributed by atoms with Crippen LogP contribution < -0.4 is 0 Å². The lowest BCUT2D eigenvalue weighted by Crippen LogP contribution is -2.22. The van der Waals surface area contributed by atoms with Crippen LogP contribution in [0.15, 0.2) is 54.6 Å². The molecule has 0 radical (unpaired) electrons. The van der Waals surface area contributed by atoms with Crippen molar-refractivity contribution in [3.8, 4) is 11.5 Å². The zero-order valence-electron chi connectivity index (χ0n) is 16.3. The number of hydrogen-bond acceptors (Lipinski definition) is 5. The fraction of sp³-hybridized carbons (Fsp3) is 0.333. The average Bonchev–Trinajstić information content (AvgIpc) is 2.66. The number of cyclic esters (lactones) is 1. The van der Waals surface area contributed by atoms with Gasteiger partial charge in [-0.3, -0.25) is 4.79 Å². The molecule has 0 aromatic heterocycles. The van der Waals surface area contributed by atoms with E-state index in [1.165, 1.54) is 6.07 Å². The minimum Gasteiger partial charge on any atom is -0.508 e. The van der Waals surface area contributed by atoms with Crippen molar-refractivity contribution in [2.24, 2.45) is 0 Å². The number of aromatic hydroxyl groups is 2. The van der Waals surface area contributed by atoms with E-state index in [0.717, 1.165) is 30.9 Å². The van der Waals surface area contributed by atoms with Crippen LogP contribution in [0, 0.1) is 0 Å². The molecular formula is C24H26O5. The summed E-state index contributed by atoms with van der Waals surface area (Å²) < 4.78 is 5.74. The molecule has 5 heteroatoms. The second kappa shape index (κ2) is 9.92. The third-order valence-corrected chi connectivity index (χ3v) is 5.00. The highest BCUT2D eigenvalue weighted by atomic mass is 16.5. The molecule has 2 aromatic carbocycles. The molecule has 152 valence electrons. The number of hydrogen-bond donors (Lipinski definition) is 2. The van der Waals surface area contributed by atoms with E-state index < -0.39 is 12.1 Å². The molecule has 2 aromatic rings. The molecule has 0 bridgehead atoms. The molecule has 0 aliphatic carbocycles. The number of esters is 1. The highest BCUT2D eigenvalue weighted by Crippen LogP contribution is 2.30. The molecule has 2 N–H and O–H groups in total. The van der Waals surface area contributed by atoms with Crippen molar-refractivity contribution in [3.05, 3.63) is 71.3 Å². The Hall–Kier alpha value is -3.08. The number of carbonyl (C=O) groups is 2. The average molecular weight is 394 g/mol. The topological polar surface area (TPSA) is 83.8 Å². The molecule has 1 atom stereocenters. The van der Waals surface area contributed by atoms with Crippen LogP contribution >= 0.6 is 0 Å². The Balaban J connectivity index is 1.91. The number of phenolic OH excluding ortho intramolecular Hbond substituents is 2. The number of benzene rings is 2. The second-order valence-corrected chi connectivity index (χ2v) is 7.38. The normalized spacial score (nSPS) is 19.7. The third-order valence-electron chi connectivity index (χ3n) is 5.00. The van der Waals surface area contributed by atoms with Gasteiger partial charge >= 0.3 is 5.97 Å². The maximum atomic E-state index is 12.9. The molecule has 0 saturated heterocycles. The van der Waals surface area contributed by atoms with Crippen LogP contribution in [0.25, 0.3) is 0 Å². The van der Waals surface area contributed by atoms with Gasteiger partial charge in [-0.15, -0.1) is 0 Å². The molecule has 0 spiro atoms. The number of carbonyl (C=O) groups excluding carboxylic acids is 2. The van der Waals surface area contributed by atoms with Gasteiger partial charge in [0.05, 0.1) is 0 Å². The number of ether oxygens (including phenoxy) is 1. The van der Waals surface area contributed by atoms with Crippen LogP contribution in [0.3, 0.4) is 0 Å². The number of fused-ring (bicyclic) bond motifs is 1. The first kappa shape index (κ1) is 20.6. The highest BCUT2D eigenvalue weighted by Gasteiger charge is 2.24. The first-order chi connectivity index (χ1) is 14.0. The Morgan fingerprint density at radius 2 is 1.79 bits per heavy atom. The molecule has 0 unspecified atom stereocenters. The third kappa shape index (κ3) is 5.95. The number of allylic oxidation sites excluding steroid dienone is 1. The molecule has 29 heavy (non-hydrogen) atoms. The lowest BCUT2D eigenvalue weighted by atomic mass is 9.97. The molecule has 1 heterocycles. The number of phenols is 2. The van der Waals surface area contributed by atoms with Gasteiger partial charge in [0.2, 0.25) is 0 Å². The Bertz CT molecular complexity index is 886. The van der Waals surface area contributed by atoms with Crippen LogP contribution in [0.4, 0.5) is 0 Å². The van der Waals surface area contributed by atoms with Gasteiger partial charge in [0.15, 0.2) is 0 Å². The SMILES string of the molecule is O=C1CCCC/C=C/C[C@@H](Cc2ccccc2)OC(=O)c2c(O)cc(O)cc2C1. The maximum absolute atomic E-state index is 12.9. The van der Waals surface area contributed by atoms with Gasteiger partial charge in [0.25, 0.3) is 0 Å². The lowest BCUT2D eigenvalue weighted by Gasteiger charge is -2.19. The van der Waals surface area contributed by atoms with E-state index in [1.807, 2.05) is 36.4 Å². The van der Waals surface area contributed by atoms with Crippen molar-refractivity contribution in [2.75, 3.05) is 0 Å². The van der Waals surface area contributed by atoms with Crippen molar-refractivity contribution in [2.45, 2.75) is 51.0 Å². The fourth-order valence-corrected chi connectivity index (χ4v) is 3.56. The zero-order chi connectivity index (χ0) is 20.6. The highest BCUT2D eigenvalue weighted by molar-refractivity contribution is 5.96. The Morgan fingerprint density at radius 1 is 1.00 bits per heavy atom. The zero-order valence-corrected chi connectivity index (χ0v) is 16.3. The molecular weight excluding hydrogens is 368 g/mol. The standard InChI is InChI=1S/C24H26O5/c25-19-11-7-2-1-3-8-12-21(13-17-9-5-4-6-10-17)29-24(28)23-18(14-19)15-20(26)16-22(23)27/h3-6,8-10,15-16,21,26-27H,1-2,7,11-14H2/b8-3+/t21-/m0/s1. The van der Waals surface area contributed by atoms with Gasteiger partial charge in [-0.05, 0) is 36.5 Å². The van der Waals surface area contributed by atoms with Gasteiger partial charge in [-0.1, -0.05) is 42.5 Å². The Kier molecular flexibility index (Phi) is 7.06. The number of Topliss-reactive ketones (excluding diaryl/α,β-unsaturated/α-hetero) is 1. The van der Waals surface area contributed by atoms with E-state index in [1.54, 1.807) is 0 Å². The molecule has 3 rings (SSSR count). The Morgan fingerprint density at radius 3 is 2.59 bits per heavy atom. The quantitative estimate of drug-likeness (QED) is 0.579. The summed E-state index contributed by atoms with van der Waals surface area (Å²) in [7, 11) is 0. The summed E-state index contributed by atoms with van der Waals surface area (Å²) >= 11 is 0. The second-order valence-electron chi connectivity index (χ2n) is 7.38. The smallest absolute Gasteiger partial charge is 0.342 e. The first-order valence-electron chi connectivity index (χ1n) is 9.99. The minimum absolute atomic E-state index is 0.0222. The van der Waals surface area contributed by atoms with Gasteiger partial charge < -0.3 is 14.9 Å². The van der Waals surface area contributed by atoms with E-state index in [0.29, 0.717) is 24.8 Å². The monoisotopic (exact) mass is 394 g/mol. The van der Waals surface area contributed by atoms with Gasteiger partial charge in [-0.25, -0.2) is 4.79 Å². The molecule has 1 aliphatic heterocycles. The summed E-state index contributed by atoms with van der Waals surface area (Å²) in [5, 5.41) is 20.1. The van der Waals surface area contributed by atoms with Crippen LogP contribution in [0.1, 0.15) is 53.6 Å². The molecule has 0 fully saturated rings. The lowest BCUT2D eigenvalue weighted by molar-refractivity contribution is -0.118. The van der Waals surface area contributed by atoms with Crippen LogP contribution in [0.2, 0.25) is 0 Å². The van der Waals surface area contributed by atoms with E-state index in [4.69, 9.17) is 4.74 Å². The molecule has 0 amide bonds. The fourth-order valence-electron chi connectivity index (χ4n) is 3.56. The summed E-state index contributed by atoms with van der Waals surface area (Å²) in [4.78, 5) is 25.2. The summed E-state index contributed by atoms with van der Waals surface area (Å²) in [6, 6.07) is 12.2. The van der Waals surface area contributed by atoms with E-state index in [-0.39, 0.29) is 29.3 Å². The van der Waals surface area contributed by atoms with Gasteiger partial charge in [-0.2, -0.15) is 0 Å². The molecule has 5 nitrogen and oxygen atoms in total. The molecule has 0 saturated carbocycles. The summed E-state index contributed by atoms with van der Waals surface area (Å²) in [6.45, 7) is 0. The van der Waals surface area contributed by atoms with E-state index in [9.17, 15) is 19.8 Å². The van der Waals surface area contributed by atoms with Crippen LogP contribution in [0.5, 0.6) is 11.5 Å². The van der Waals surface area contributed by atoms with Crippen molar-refractivity contribution in [1.29, 1.82) is 0 Å². The summed E-state index contributed by atoms with van der Waals surface area (Å²) in [6.07, 6.45) is 7.69.